The predicted molar refractivity (Wildman–Crippen MR) is 63.7 cm³/mol. The summed E-state index contributed by atoms with van der Waals surface area (Å²) in [7, 11) is 1.65. The van der Waals surface area contributed by atoms with E-state index in [0.717, 1.165) is 16.8 Å². The summed E-state index contributed by atoms with van der Waals surface area (Å²) >= 11 is 0. The highest BCUT2D eigenvalue weighted by Crippen LogP contribution is 2.37. The Morgan fingerprint density at radius 3 is 2.56 bits per heavy atom. The molecule has 0 atom stereocenters. The lowest BCUT2D eigenvalue weighted by Gasteiger charge is -2.21. The van der Waals surface area contributed by atoms with Gasteiger partial charge in [0.05, 0.1) is 7.11 Å². The maximum atomic E-state index is 5.58. The molecule has 0 fully saturated rings. The number of oxazole rings is 1. The van der Waals surface area contributed by atoms with Gasteiger partial charge >= 0.3 is 0 Å². The molecule has 86 valence electrons. The summed E-state index contributed by atoms with van der Waals surface area (Å²) in [4.78, 5) is 4.22. The van der Waals surface area contributed by atoms with Crippen LogP contribution in [0.15, 0.2) is 16.5 Å². The van der Waals surface area contributed by atoms with Gasteiger partial charge in [-0.3, -0.25) is 0 Å². The van der Waals surface area contributed by atoms with Crippen LogP contribution >= 0.6 is 0 Å². The van der Waals surface area contributed by atoms with Gasteiger partial charge in [-0.25, -0.2) is 0 Å². The summed E-state index contributed by atoms with van der Waals surface area (Å²) in [6.45, 7) is 6.32. The summed E-state index contributed by atoms with van der Waals surface area (Å²) in [5.74, 6) is 0.813. The van der Waals surface area contributed by atoms with E-state index in [2.05, 4.69) is 25.8 Å². The first-order valence-corrected chi connectivity index (χ1v) is 5.17. The Labute approximate surface area is 94.4 Å². The van der Waals surface area contributed by atoms with Gasteiger partial charge in [0, 0.05) is 5.56 Å². The van der Waals surface area contributed by atoms with Gasteiger partial charge in [0.2, 0.25) is 0 Å². The zero-order valence-electron chi connectivity index (χ0n) is 10.00. The Kier molecular flexibility index (Phi) is 2.30. The minimum absolute atomic E-state index is 0.0752. The molecule has 0 aliphatic carbocycles. The Bertz CT molecular complexity index is 524. The van der Waals surface area contributed by atoms with Crippen molar-refractivity contribution in [3.05, 3.63) is 17.7 Å². The molecule has 16 heavy (non-hydrogen) atoms. The molecular weight excluding hydrogens is 204 g/mol. The van der Waals surface area contributed by atoms with E-state index in [4.69, 9.17) is 14.9 Å². The van der Waals surface area contributed by atoms with Crippen LogP contribution in [0, 0.1) is 0 Å². The molecule has 2 aromatic rings. The van der Waals surface area contributed by atoms with Crippen LogP contribution in [0.2, 0.25) is 0 Å². The van der Waals surface area contributed by atoms with Gasteiger partial charge in [-0.1, -0.05) is 20.8 Å². The fraction of sp³-hybridized carbons (Fsp3) is 0.417. The number of hydrogen-bond acceptors (Lipinski definition) is 4. The number of hydrogen-bond donors (Lipinski definition) is 1. The second kappa shape index (κ2) is 3.40. The largest absolute Gasteiger partial charge is 0.496 e. The van der Waals surface area contributed by atoms with Crippen molar-refractivity contribution >= 4 is 17.1 Å². The quantitative estimate of drug-likeness (QED) is 0.802. The normalized spacial score (nSPS) is 12.0. The van der Waals surface area contributed by atoms with Crippen molar-refractivity contribution in [3.8, 4) is 5.75 Å². The maximum absolute atomic E-state index is 5.58. The number of anilines is 1. The first-order chi connectivity index (χ1) is 7.43. The number of nitrogens with zero attached hydrogens (tertiary/aromatic N) is 1. The minimum Gasteiger partial charge on any atom is -0.496 e. The monoisotopic (exact) mass is 220 g/mol. The molecular formula is C12H16N2O2. The van der Waals surface area contributed by atoms with Gasteiger partial charge in [-0.05, 0) is 17.5 Å². The summed E-state index contributed by atoms with van der Waals surface area (Å²) < 4.78 is 10.7. The van der Waals surface area contributed by atoms with Crippen LogP contribution in [-0.4, -0.2) is 12.1 Å². The van der Waals surface area contributed by atoms with Crippen LogP contribution in [0.1, 0.15) is 26.3 Å². The molecule has 0 unspecified atom stereocenters. The second-order valence-corrected chi connectivity index (χ2v) is 4.79. The zero-order chi connectivity index (χ0) is 11.9. The maximum Gasteiger partial charge on any atom is 0.292 e. The molecule has 1 aromatic heterocycles. The first-order valence-electron chi connectivity index (χ1n) is 5.17. The van der Waals surface area contributed by atoms with Crippen molar-refractivity contribution < 1.29 is 9.15 Å². The van der Waals surface area contributed by atoms with E-state index in [1.165, 1.54) is 0 Å². The Morgan fingerprint density at radius 2 is 2.00 bits per heavy atom. The van der Waals surface area contributed by atoms with Crippen LogP contribution in [0.3, 0.4) is 0 Å². The molecule has 2 N–H and O–H groups in total. The number of benzene rings is 1. The third-order valence-corrected chi connectivity index (χ3v) is 2.51. The molecule has 2 rings (SSSR count). The number of fused-ring (bicyclic) bond motifs is 1. The van der Waals surface area contributed by atoms with E-state index in [0.29, 0.717) is 5.58 Å². The highest BCUT2D eigenvalue weighted by atomic mass is 16.5. The van der Waals surface area contributed by atoms with E-state index in [1.807, 2.05) is 12.1 Å². The fourth-order valence-electron chi connectivity index (χ4n) is 1.89. The smallest absolute Gasteiger partial charge is 0.292 e. The molecule has 0 bridgehead atoms. The molecule has 4 heteroatoms. The van der Waals surface area contributed by atoms with Crippen molar-refractivity contribution in [1.82, 2.24) is 4.98 Å². The lowest BCUT2D eigenvalue weighted by atomic mass is 9.85. The minimum atomic E-state index is -0.0752. The number of nitrogens with two attached hydrogens (primary N) is 1. The summed E-state index contributed by atoms with van der Waals surface area (Å²) in [6, 6.07) is 3.90. The van der Waals surface area contributed by atoms with Gasteiger partial charge in [-0.2, -0.15) is 4.98 Å². The lowest BCUT2D eigenvalue weighted by molar-refractivity contribution is 0.399. The number of nitrogen functional groups attached to an aromatic ring is 1. The summed E-state index contributed by atoms with van der Waals surface area (Å²) in [5.41, 5.74) is 8.00. The van der Waals surface area contributed by atoms with Crippen molar-refractivity contribution in [3.63, 3.8) is 0 Å². The molecule has 4 nitrogen and oxygen atoms in total. The number of ether oxygens (including phenoxy) is 1. The molecule has 0 radical (unpaired) electrons. The standard InChI is InChI=1S/C12H16N2O2/c1-12(2,3)9-7(15-4)5-6-8-10(9)14-11(13)16-8/h5-6H,1-4H3,(H2,13,14). The highest BCUT2D eigenvalue weighted by Gasteiger charge is 2.24. The van der Waals surface area contributed by atoms with E-state index in [1.54, 1.807) is 7.11 Å². The third kappa shape index (κ3) is 1.60. The number of rotatable bonds is 1. The molecule has 0 aliphatic heterocycles. The van der Waals surface area contributed by atoms with Crippen LogP contribution in [0.25, 0.3) is 11.1 Å². The average molecular weight is 220 g/mol. The molecule has 0 aliphatic rings. The van der Waals surface area contributed by atoms with Crippen LogP contribution in [0.5, 0.6) is 5.75 Å². The Balaban J connectivity index is 2.83. The van der Waals surface area contributed by atoms with Gasteiger partial charge in [-0.15, -0.1) is 0 Å². The predicted octanol–water partition coefficient (Wildman–Crippen LogP) is 2.72. The van der Waals surface area contributed by atoms with Gasteiger partial charge in [0.1, 0.15) is 11.3 Å². The Morgan fingerprint density at radius 1 is 1.31 bits per heavy atom. The van der Waals surface area contributed by atoms with Gasteiger partial charge < -0.3 is 14.9 Å². The lowest BCUT2D eigenvalue weighted by Crippen LogP contribution is -2.13. The zero-order valence-corrected chi connectivity index (χ0v) is 10.00. The molecule has 0 saturated carbocycles. The van der Waals surface area contributed by atoms with Crippen LogP contribution in [-0.2, 0) is 5.41 Å². The molecule has 1 aromatic carbocycles. The van der Waals surface area contributed by atoms with Gasteiger partial charge in [0.15, 0.2) is 5.58 Å². The molecule has 1 heterocycles. The van der Waals surface area contributed by atoms with Crippen molar-refractivity contribution in [1.29, 1.82) is 0 Å². The third-order valence-electron chi connectivity index (χ3n) is 2.51. The number of aromatic nitrogens is 1. The first kappa shape index (κ1) is 10.8. The van der Waals surface area contributed by atoms with Crippen LogP contribution in [0.4, 0.5) is 6.01 Å². The SMILES string of the molecule is COc1ccc2oc(N)nc2c1C(C)(C)C. The van der Waals surface area contributed by atoms with Crippen molar-refractivity contribution in [2.45, 2.75) is 26.2 Å². The van der Waals surface area contributed by atoms with Crippen molar-refractivity contribution in [2.75, 3.05) is 12.8 Å². The molecule has 0 saturated heterocycles. The van der Waals surface area contributed by atoms with E-state index < -0.39 is 0 Å². The molecule has 0 spiro atoms. The average Bonchev–Trinajstić information content (AvgIpc) is 2.54. The summed E-state index contributed by atoms with van der Waals surface area (Å²) in [5, 5.41) is 0. The number of methoxy groups -OCH3 is 1. The Hall–Kier alpha value is -1.71. The van der Waals surface area contributed by atoms with Gasteiger partial charge in [0.25, 0.3) is 6.01 Å². The fourth-order valence-corrected chi connectivity index (χ4v) is 1.89. The van der Waals surface area contributed by atoms with Crippen molar-refractivity contribution in [2.24, 2.45) is 0 Å². The van der Waals surface area contributed by atoms with Crippen LogP contribution < -0.4 is 10.5 Å². The van der Waals surface area contributed by atoms with E-state index in [9.17, 15) is 0 Å². The van der Waals surface area contributed by atoms with E-state index in [-0.39, 0.29) is 11.4 Å². The summed E-state index contributed by atoms with van der Waals surface area (Å²) in [6.07, 6.45) is 0. The topological polar surface area (TPSA) is 61.3 Å². The molecule has 0 amide bonds. The second-order valence-electron chi connectivity index (χ2n) is 4.79. The highest BCUT2D eigenvalue weighted by molar-refractivity contribution is 5.82. The van der Waals surface area contributed by atoms with E-state index >= 15 is 0 Å².